The molecular formula is C11H22. The second kappa shape index (κ2) is 6.45. The first-order valence-corrected chi connectivity index (χ1v) is 4.84. The molecule has 0 saturated heterocycles. The minimum atomic E-state index is 0.719. The maximum Gasteiger partial charge on any atom is -0.0288 e. The fraction of sp³-hybridized carbons (Fsp3) is 0.818. The van der Waals surface area contributed by atoms with Crippen molar-refractivity contribution in [2.24, 2.45) is 5.92 Å². The molecule has 0 spiro atoms. The topological polar surface area (TPSA) is 0 Å². The van der Waals surface area contributed by atoms with Crippen LogP contribution in [0.3, 0.4) is 0 Å². The van der Waals surface area contributed by atoms with E-state index in [1.54, 1.807) is 5.57 Å². The molecule has 0 aromatic rings. The molecule has 11 heavy (non-hydrogen) atoms. The second-order valence-electron chi connectivity index (χ2n) is 3.71. The van der Waals surface area contributed by atoms with E-state index < -0.39 is 0 Å². The molecule has 0 aromatic carbocycles. The first-order valence-electron chi connectivity index (χ1n) is 4.84. The number of hydrogen-bond acceptors (Lipinski definition) is 0. The fourth-order valence-electron chi connectivity index (χ4n) is 1.31. The van der Waals surface area contributed by atoms with Crippen molar-refractivity contribution in [1.82, 2.24) is 0 Å². The van der Waals surface area contributed by atoms with Gasteiger partial charge in [0.1, 0.15) is 0 Å². The molecule has 0 amide bonds. The molecule has 0 N–H and O–H groups in total. The van der Waals surface area contributed by atoms with E-state index >= 15 is 0 Å². The molecule has 0 bridgehead atoms. The van der Waals surface area contributed by atoms with Gasteiger partial charge in [-0.05, 0) is 25.7 Å². The third kappa shape index (κ3) is 7.64. The summed E-state index contributed by atoms with van der Waals surface area (Å²) in [6, 6.07) is 0. The lowest BCUT2D eigenvalue weighted by Gasteiger charge is -2.02. The lowest BCUT2D eigenvalue weighted by Crippen LogP contribution is -1.84. The summed E-state index contributed by atoms with van der Waals surface area (Å²) < 4.78 is 0. The van der Waals surface area contributed by atoms with Crippen molar-refractivity contribution >= 4 is 0 Å². The normalized spacial score (nSPS) is 12.6. The van der Waals surface area contributed by atoms with Crippen LogP contribution < -0.4 is 0 Å². The van der Waals surface area contributed by atoms with Crippen LogP contribution in [-0.2, 0) is 0 Å². The van der Waals surface area contributed by atoms with E-state index in [0.29, 0.717) is 0 Å². The number of rotatable bonds is 5. The standard InChI is InChI=1S/C11H22/c1-5-6-7-8-11(4)9-10(2)3/h9-10H,5-8H2,1-4H3/b11-9+. The van der Waals surface area contributed by atoms with Crippen LogP contribution >= 0.6 is 0 Å². The van der Waals surface area contributed by atoms with E-state index in [1.807, 2.05) is 0 Å². The van der Waals surface area contributed by atoms with E-state index in [9.17, 15) is 0 Å². The quantitative estimate of drug-likeness (QED) is 0.412. The van der Waals surface area contributed by atoms with Gasteiger partial charge in [0, 0.05) is 0 Å². The highest BCUT2D eigenvalue weighted by Gasteiger charge is 1.91. The van der Waals surface area contributed by atoms with Gasteiger partial charge in [0.05, 0.1) is 0 Å². The summed E-state index contributed by atoms with van der Waals surface area (Å²) in [5.41, 5.74) is 1.56. The molecule has 0 saturated carbocycles. The number of unbranched alkanes of at least 4 members (excludes halogenated alkanes) is 2. The highest BCUT2D eigenvalue weighted by atomic mass is 14.0. The molecule has 0 heteroatoms. The highest BCUT2D eigenvalue weighted by Crippen LogP contribution is 2.10. The average molecular weight is 154 g/mol. The van der Waals surface area contributed by atoms with Crippen LogP contribution in [0.2, 0.25) is 0 Å². The summed E-state index contributed by atoms with van der Waals surface area (Å²) in [7, 11) is 0. The number of hydrogen-bond donors (Lipinski definition) is 0. The van der Waals surface area contributed by atoms with E-state index in [1.165, 1.54) is 25.7 Å². The van der Waals surface area contributed by atoms with Crippen LogP contribution in [0.5, 0.6) is 0 Å². The van der Waals surface area contributed by atoms with Crippen LogP contribution in [0.1, 0.15) is 53.4 Å². The van der Waals surface area contributed by atoms with E-state index in [-0.39, 0.29) is 0 Å². The molecule has 0 fully saturated rings. The van der Waals surface area contributed by atoms with Gasteiger partial charge in [0.25, 0.3) is 0 Å². The zero-order valence-corrected chi connectivity index (χ0v) is 8.48. The van der Waals surface area contributed by atoms with Gasteiger partial charge in [-0.1, -0.05) is 45.3 Å². The molecule has 0 unspecified atom stereocenters. The van der Waals surface area contributed by atoms with Crippen LogP contribution in [0, 0.1) is 5.92 Å². The first kappa shape index (κ1) is 10.7. The Kier molecular flexibility index (Phi) is 6.30. The molecule has 66 valence electrons. The molecule has 0 rings (SSSR count). The maximum absolute atomic E-state index is 2.37. The Morgan fingerprint density at radius 1 is 1.27 bits per heavy atom. The van der Waals surface area contributed by atoms with E-state index in [2.05, 4.69) is 33.8 Å². The Morgan fingerprint density at radius 3 is 2.36 bits per heavy atom. The van der Waals surface area contributed by atoms with Crippen molar-refractivity contribution in [2.45, 2.75) is 53.4 Å². The van der Waals surface area contributed by atoms with Gasteiger partial charge in [-0.25, -0.2) is 0 Å². The third-order valence-corrected chi connectivity index (χ3v) is 1.79. The SMILES string of the molecule is CCCCC/C(C)=C/C(C)C. The van der Waals surface area contributed by atoms with Gasteiger partial charge in [-0.15, -0.1) is 0 Å². The predicted molar refractivity (Wildman–Crippen MR) is 52.7 cm³/mol. The molecule has 0 aromatic heterocycles. The second-order valence-corrected chi connectivity index (χ2v) is 3.71. The maximum atomic E-state index is 2.37. The Hall–Kier alpha value is -0.260. The Bertz CT molecular complexity index is 109. The van der Waals surface area contributed by atoms with Crippen LogP contribution in [0.4, 0.5) is 0 Å². The van der Waals surface area contributed by atoms with Gasteiger partial charge >= 0.3 is 0 Å². The lowest BCUT2D eigenvalue weighted by atomic mass is 10.0. The molecule has 0 aliphatic rings. The summed E-state index contributed by atoms with van der Waals surface area (Å²) in [6.07, 6.45) is 7.74. The third-order valence-electron chi connectivity index (χ3n) is 1.79. The zero-order valence-electron chi connectivity index (χ0n) is 8.48. The molecule has 0 radical (unpaired) electrons. The van der Waals surface area contributed by atoms with Gasteiger partial charge in [-0.2, -0.15) is 0 Å². The summed E-state index contributed by atoms with van der Waals surface area (Å²) in [5, 5.41) is 0. The zero-order chi connectivity index (χ0) is 8.69. The summed E-state index contributed by atoms with van der Waals surface area (Å²) in [5.74, 6) is 0.719. The van der Waals surface area contributed by atoms with Crippen molar-refractivity contribution in [3.63, 3.8) is 0 Å². The molecule has 0 aliphatic heterocycles. The monoisotopic (exact) mass is 154 g/mol. The van der Waals surface area contributed by atoms with Gasteiger partial charge in [0.2, 0.25) is 0 Å². The first-order chi connectivity index (χ1) is 5.16. The largest absolute Gasteiger partial charge is 0.0830 e. The minimum Gasteiger partial charge on any atom is -0.0830 e. The summed E-state index contributed by atoms with van der Waals surface area (Å²) >= 11 is 0. The van der Waals surface area contributed by atoms with Crippen LogP contribution in [0.25, 0.3) is 0 Å². The Balaban J connectivity index is 3.43. The van der Waals surface area contributed by atoms with Gasteiger partial charge in [0.15, 0.2) is 0 Å². The van der Waals surface area contributed by atoms with Gasteiger partial charge < -0.3 is 0 Å². The van der Waals surface area contributed by atoms with Crippen molar-refractivity contribution in [1.29, 1.82) is 0 Å². The number of allylic oxidation sites excluding steroid dienone is 2. The molecular weight excluding hydrogens is 132 g/mol. The summed E-state index contributed by atoms with van der Waals surface area (Å²) in [6.45, 7) is 8.98. The van der Waals surface area contributed by atoms with Crippen molar-refractivity contribution < 1.29 is 0 Å². The van der Waals surface area contributed by atoms with Crippen molar-refractivity contribution in [3.05, 3.63) is 11.6 Å². The molecule has 0 atom stereocenters. The Morgan fingerprint density at radius 2 is 1.91 bits per heavy atom. The van der Waals surface area contributed by atoms with Crippen molar-refractivity contribution in [2.75, 3.05) is 0 Å². The van der Waals surface area contributed by atoms with Crippen LogP contribution in [-0.4, -0.2) is 0 Å². The van der Waals surface area contributed by atoms with Gasteiger partial charge in [-0.3, -0.25) is 0 Å². The van der Waals surface area contributed by atoms with Crippen LogP contribution in [0.15, 0.2) is 11.6 Å². The lowest BCUT2D eigenvalue weighted by molar-refractivity contribution is 0.704. The highest BCUT2D eigenvalue weighted by molar-refractivity contribution is 4.99. The minimum absolute atomic E-state index is 0.719. The van der Waals surface area contributed by atoms with Crippen molar-refractivity contribution in [3.8, 4) is 0 Å². The van der Waals surface area contributed by atoms with E-state index in [4.69, 9.17) is 0 Å². The molecule has 0 aliphatic carbocycles. The average Bonchev–Trinajstić information content (AvgIpc) is 1.86. The van der Waals surface area contributed by atoms with E-state index in [0.717, 1.165) is 5.92 Å². The predicted octanol–water partition coefficient (Wildman–Crippen LogP) is 4.17. The Labute approximate surface area is 71.7 Å². The summed E-state index contributed by atoms with van der Waals surface area (Å²) in [4.78, 5) is 0. The fourth-order valence-corrected chi connectivity index (χ4v) is 1.31. The molecule has 0 heterocycles. The molecule has 0 nitrogen and oxygen atoms in total. The smallest absolute Gasteiger partial charge is 0.0288 e.